The fourth-order valence-corrected chi connectivity index (χ4v) is 1.91. The van der Waals surface area contributed by atoms with Crippen molar-refractivity contribution >= 4 is 22.6 Å². The minimum Gasteiger partial charge on any atom is -0.316 e. The van der Waals surface area contributed by atoms with E-state index in [1.165, 1.54) is 24.1 Å². The van der Waals surface area contributed by atoms with Crippen LogP contribution in [0.25, 0.3) is 0 Å². The topological polar surface area (TPSA) is 0 Å². The molecular formula is C6H13IN+. The lowest BCUT2D eigenvalue weighted by Gasteiger charge is -2.12. The van der Waals surface area contributed by atoms with E-state index in [-0.39, 0.29) is 0 Å². The van der Waals surface area contributed by atoms with Gasteiger partial charge in [-0.1, -0.05) is 22.6 Å². The SMILES string of the molecule is CC(I)C[N+]1(C)CC1. The maximum Gasteiger partial charge on any atom is 0.128 e. The molecule has 0 bridgehead atoms. The zero-order chi connectivity index (χ0) is 6.20. The van der Waals surface area contributed by atoms with Gasteiger partial charge in [0, 0.05) is 0 Å². The summed E-state index contributed by atoms with van der Waals surface area (Å²) in [5.74, 6) is 0. The molecule has 1 nitrogen and oxygen atoms in total. The number of quaternary nitrogens is 1. The van der Waals surface area contributed by atoms with Gasteiger partial charge in [-0.3, -0.25) is 0 Å². The van der Waals surface area contributed by atoms with Gasteiger partial charge < -0.3 is 4.48 Å². The third kappa shape index (κ3) is 1.90. The Labute approximate surface area is 64.8 Å². The first-order chi connectivity index (χ1) is 3.62. The Hall–Kier alpha value is 0.690. The van der Waals surface area contributed by atoms with Crippen LogP contribution in [0.5, 0.6) is 0 Å². The Morgan fingerprint density at radius 3 is 2.25 bits per heavy atom. The summed E-state index contributed by atoms with van der Waals surface area (Å²) in [6.07, 6.45) is 0. The van der Waals surface area contributed by atoms with Crippen LogP contribution in [0.4, 0.5) is 0 Å². The molecular weight excluding hydrogens is 213 g/mol. The van der Waals surface area contributed by atoms with Crippen molar-refractivity contribution in [2.75, 3.05) is 26.7 Å². The van der Waals surface area contributed by atoms with Crippen LogP contribution >= 0.6 is 22.6 Å². The average molecular weight is 226 g/mol. The quantitative estimate of drug-likeness (QED) is 0.288. The van der Waals surface area contributed by atoms with Gasteiger partial charge in [-0.05, 0) is 6.92 Å². The van der Waals surface area contributed by atoms with Gasteiger partial charge in [0.2, 0.25) is 0 Å². The molecule has 8 heavy (non-hydrogen) atoms. The molecule has 0 aromatic carbocycles. The van der Waals surface area contributed by atoms with E-state index in [2.05, 4.69) is 36.6 Å². The van der Waals surface area contributed by atoms with Gasteiger partial charge in [0.1, 0.15) is 13.1 Å². The van der Waals surface area contributed by atoms with Crippen molar-refractivity contribution in [3.05, 3.63) is 0 Å². The van der Waals surface area contributed by atoms with Crippen molar-refractivity contribution in [2.24, 2.45) is 0 Å². The summed E-state index contributed by atoms with van der Waals surface area (Å²) in [6, 6.07) is 0. The fraction of sp³-hybridized carbons (Fsp3) is 1.00. The predicted molar refractivity (Wildman–Crippen MR) is 44.3 cm³/mol. The second kappa shape index (κ2) is 2.14. The van der Waals surface area contributed by atoms with E-state index in [0.717, 1.165) is 3.92 Å². The molecule has 0 aliphatic carbocycles. The van der Waals surface area contributed by atoms with Gasteiger partial charge in [0.15, 0.2) is 0 Å². The number of hydrogen-bond donors (Lipinski definition) is 0. The second-order valence-corrected chi connectivity index (χ2v) is 5.16. The van der Waals surface area contributed by atoms with E-state index in [1.807, 2.05) is 0 Å². The van der Waals surface area contributed by atoms with E-state index in [9.17, 15) is 0 Å². The molecule has 1 aliphatic rings. The highest BCUT2D eigenvalue weighted by Gasteiger charge is 2.37. The van der Waals surface area contributed by atoms with Gasteiger partial charge in [-0.2, -0.15) is 0 Å². The molecule has 1 fully saturated rings. The Morgan fingerprint density at radius 1 is 1.62 bits per heavy atom. The van der Waals surface area contributed by atoms with Crippen LogP contribution in [-0.4, -0.2) is 35.1 Å². The summed E-state index contributed by atoms with van der Waals surface area (Å²) in [5.41, 5.74) is 0. The van der Waals surface area contributed by atoms with E-state index in [1.54, 1.807) is 0 Å². The maximum atomic E-state index is 2.49. The zero-order valence-corrected chi connectivity index (χ0v) is 7.68. The lowest BCUT2D eigenvalue weighted by Crippen LogP contribution is -2.25. The smallest absolute Gasteiger partial charge is 0.128 e. The third-order valence-corrected chi connectivity index (χ3v) is 2.07. The first-order valence-corrected chi connectivity index (χ1v) is 4.35. The molecule has 48 valence electrons. The molecule has 1 unspecified atom stereocenters. The summed E-state index contributed by atoms with van der Waals surface area (Å²) in [7, 11) is 2.33. The third-order valence-electron chi connectivity index (χ3n) is 1.68. The van der Waals surface area contributed by atoms with Crippen LogP contribution in [-0.2, 0) is 0 Å². The van der Waals surface area contributed by atoms with E-state index < -0.39 is 0 Å². The lowest BCUT2D eigenvalue weighted by molar-refractivity contribution is -0.775. The first-order valence-electron chi connectivity index (χ1n) is 3.10. The molecule has 0 amide bonds. The van der Waals surface area contributed by atoms with Gasteiger partial charge >= 0.3 is 0 Å². The molecule has 1 atom stereocenters. The summed E-state index contributed by atoms with van der Waals surface area (Å²) in [6.45, 7) is 6.46. The Morgan fingerprint density at radius 2 is 2.12 bits per heavy atom. The highest BCUT2D eigenvalue weighted by atomic mass is 127. The summed E-state index contributed by atoms with van der Waals surface area (Å²) < 4.78 is 2.17. The normalized spacial score (nSPS) is 27.4. The van der Waals surface area contributed by atoms with Crippen molar-refractivity contribution in [3.8, 4) is 0 Å². The number of halogens is 1. The van der Waals surface area contributed by atoms with Gasteiger partial charge in [-0.25, -0.2) is 0 Å². The van der Waals surface area contributed by atoms with Crippen molar-refractivity contribution in [1.82, 2.24) is 0 Å². The molecule has 1 saturated heterocycles. The maximum absolute atomic E-state index is 2.49. The van der Waals surface area contributed by atoms with Crippen molar-refractivity contribution in [1.29, 1.82) is 0 Å². The number of alkyl halides is 1. The summed E-state index contributed by atoms with van der Waals surface area (Å²) in [4.78, 5) is 0. The van der Waals surface area contributed by atoms with E-state index >= 15 is 0 Å². The largest absolute Gasteiger partial charge is 0.316 e. The number of nitrogens with zero attached hydrogens (tertiary/aromatic N) is 1. The van der Waals surface area contributed by atoms with Gasteiger partial charge in [-0.15, -0.1) is 0 Å². The standard InChI is InChI=1S/C6H13IN/c1-6(7)5-8(2)3-4-8/h6H,3-5H2,1-2H3/q+1. The molecule has 0 radical (unpaired) electrons. The molecule has 0 aromatic heterocycles. The Bertz CT molecular complexity index is 86.5. The number of likely N-dealkylation sites (N-methyl/N-ethyl adjacent to an activating group) is 1. The van der Waals surface area contributed by atoms with Crippen molar-refractivity contribution < 1.29 is 4.48 Å². The van der Waals surface area contributed by atoms with E-state index in [4.69, 9.17) is 0 Å². The minimum absolute atomic E-state index is 0.847. The molecule has 1 heterocycles. The molecule has 0 N–H and O–H groups in total. The predicted octanol–water partition coefficient (Wildman–Crippen LogP) is 1.27. The monoisotopic (exact) mass is 226 g/mol. The fourth-order valence-electron chi connectivity index (χ4n) is 0.961. The average Bonchev–Trinajstić information content (AvgIpc) is 2.17. The second-order valence-electron chi connectivity index (χ2n) is 3.03. The molecule has 1 rings (SSSR count). The highest BCUT2D eigenvalue weighted by Crippen LogP contribution is 2.19. The van der Waals surface area contributed by atoms with Crippen LogP contribution in [0, 0.1) is 0 Å². The number of rotatable bonds is 2. The van der Waals surface area contributed by atoms with Gasteiger partial charge in [0.25, 0.3) is 0 Å². The summed E-state index contributed by atoms with van der Waals surface area (Å²) in [5, 5.41) is 0. The van der Waals surface area contributed by atoms with Crippen LogP contribution < -0.4 is 0 Å². The zero-order valence-electron chi connectivity index (χ0n) is 5.52. The molecule has 2 heteroatoms. The molecule has 1 aliphatic heterocycles. The van der Waals surface area contributed by atoms with Gasteiger partial charge in [0.05, 0.1) is 17.5 Å². The van der Waals surface area contributed by atoms with Crippen LogP contribution in [0.1, 0.15) is 6.92 Å². The lowest BCUT2D eigenvalue weighted by atomic mass is 10.4. The highest BCUT2D eigenvalue weighted by molar-refractivity contribution is 14.1. The van der Waals surface area contributed by atoms with Crippen molar-refractivity contribution in [2.45, 2.75) is 10.8 Å². The van der Waals surface area contributed by atoms with Crippen LogP contribution in [0.15, 0.2) is 0 Å². The van der Waals surface area contributed by atoms with Crippen LogP contribution in [0.3, 0.4) is 0 Å². The molecule has 0 spiro atoms. The number of hydrogen-bond acceptors (Lipinski definition) is 0. The molecule has 0 saturated carbocycles. The summed E-state index contributed by atoms with van der Waals surface area (Å²) >= 11 is 2.49. The van der Waals surface area contributed by atoms with E-state index in [0.29, 0.717) is 0 Å². The van der Waals surface area contributed by atoms with Crippen molar-refractivity contribution in [3.63, 3.8) is 0 Å². The Kier molecular flexibility index (Phi) is 1.82. The minimum atomic E-state index is 0.847. The molecule has 0 aromatic rings. The van der Waals surface area contributed by atoms with Crippen LogP contribution in [0.2, 0.25) is 0 Å². The first kappa shape index (κ1) is 6.81. The Balaban J connectivity index is 2.19.